The quantitative estimate of drug-likeness (QED) is 0.782. The standard InChI is InChI=1S/C17H16OS/c1-11-6-8-12(9-7-11)19-16-10-15-13-4-2-3-5-14(13)17(16)18-15/h2-9,15-17H,10H2,1H3/t15-,16+,17-/m0/s1. The molecule has 0 unspecified atom stereocenters. The molecule has 2 bridgehead atoms. The Balaban J connectivity index is 1.58. The molecule has 96 valence electrons. The number of rotatable bonds is 2. The lowest BCUT2D eigenvalue weighted by atomic mass is 9.92. The molecule has 2 aromatic carbocycles. The molecule has 2 heterocycles. The van der Waals surface area contributed by atoms with E-state index in [4.69, 9.17) is 4.74 Å². The van der Waals surface area contributed by atoms with Crippen molar-refractivity contribution in [2.75, 3.05) is 0 Å². The van der Waals surface area contributed by atoms with Gasteiger partial charge in [-0.3, -0.25) is 0 Å². The van der Waals surface area contributed by atoms with E-state index in [1.807, 2.05) is 11.8 Å². The molecule has 0 N–H and O–H groups in total. The maximum Gasteiger partial charge on any atom is 0.0960 e. The fourth-order valence-electron chi connectivity index (χ4n) is 3.09. The third-order valence-corrected chi connectivity index (χ3v) is 5.34. The number of fused-ring (bicyclic) bond motifs is 5. The summed E-state index contributed by atoms with van der Waals surface area (Å²) in [6, 6.07) is 17.5. The van der Waals surface area contributed by atoms with Gasteiger partial charge in [0.2, 0.25) is 0 Å². The molecule has 0 saturated carbocycles. The molecule has 1 saturated heterocycles. The molecule has 19 heavy (non-hydrogen) atoms. The van der Waals surface area contributed by atoms with Crippen molar-refractivity contribution in [3.05, 3.63) is 65.2 Å². The first-order valence-electron chi connectivity index (χ1n) is 6.79. The third kappa shape index (κ3) is 1.90. The van der Waals surface area contributed by atoms with Crippen molar-refractivity contribution in [1.29, 1.82) is 0 Å². The zero-order chi connectivity index (χ0) is 12.8. The first-order chi connectivity index (χ1) is 9.31. The van der Waals surface area contributed by atoms with Gasteiger partial charge in [0.25, 0.3) is 0 Å². The zero-order valence-corrected chi connectivity index (χ0v) is 11.7. The average Bonchev–Trinajstić information content (AvgIpc) is 3.00. The summed E-state index contributed by atoms with van der Waals surface area (Å²) in [4.78, 5) is 1.35. The van der Waals surface area contributed by atoms with Gasteiger partial charge in [-0.15, -0.1) is 11.8 Å². The van der Waals surface area contributed by atoms with Crippen molar-refractivity contribution in [3.8, 4) is 0 Å². The van der Waals surface area contributed by atoms with E-state index in [-0.39, 0.29) is 6.10 Å². The first kappa shape index (κ1) is 11.6. The van der Waals surface area contributed by atoms with Crippen molar-refractivity contribution < 1.29 is 4.74 Å². The van der Waals surface area contributed by atoms with Gasteiger partial charge in [-0.2, -0.15) is 0 Å². The SMILES string of the molecule is Cc1ccc(S[C@@H]2C[C@@H]3O[C@H]2c2ccccc23)cc1. The summed E-state index contributed by atoms with van der Waals surface area (Å²) in [5.41, 5.74) is 4.13. The fraction of sp³-hybridized carbons (Fsp3) is 0.294. The second-order valence-corrected chi connectivity index (χ2v) is 6.69. The Labute approximate surface area is 118 Å². The predicted octanol–water partition coefficient (Wildman–Crippen LogP) is 4.67. The molecule has 2 aromatic rings. The van der Waals surface area contributed by atoms with Crippen LogP contribution in [0.25, 0.3) is 0 Å². The van der Waals surface area contributed by atoms with Gasteiger partial charge in [0.15, 0.2) is 0 Å². The third-order valence-electron chi connectivity index (χ3n) is 4.05. The number of benzene rings is 2. The van der Waals surface area contributed by atoms with E-state index in [2.05, 4.69) is 55.5 Å². The van der Waals surface area contributed by atoms with Crippen LogP contribution in [0, 0.1) is 6.92 Å². The average molecular weight is 268 g/mol. The van der Waals surface area contributed by atoms with Gasteiger partial charge in [0, 0.05) is 10.1 Å². The highest BCUT2D eigenvalue weighted by molar-refractivity contribution is 8.00. The van der Waals surface area contributed by atoms with Crippen LogP contribution < -0.4 is 0 Å². The van der Waals surface area contributed by atoms with Crippen LogP contribution in [-0.2, 0) is 4.74 Å². The van der Waals surface area contributed by atoms with Crippen molar-refractivity contribution in [1.82, 2.24) is 0 Å². The smallest absolute Gasteiger partial charge is 0.0960 e. The number of thioether (sulfide) groups is 1. The molecule has 0 radical (unpaired) electrons. The minimum Gasteiger partial charge on any atom is -0.364 e. The molecular weight excluding hydrogens is 252 g/mol. The lowest BCUT2D eigenvalue weighted by molar-refractivity contribution is 0.0728. The van der Waals surface area contributed by atoms with Crippen LogP contribution >= 0.6 is 11.8 Å². The zero-order valence-electron chi connectivity index (χ0n) is 10.9. The van der Waals surface area contributed by atoms with Gasteiger partial charge in [-0.05, 0) is 36.6 Å². The number of ether oxygens (including phenoxy) is 1. The van der Waals surface area contributed by atoms with Gasteiger partial charge in [0.05, 0.1) is 12.2 Å². The van der Waals surface area contributed by atoms with E-state index in [9.17, 15) is 0 Å². The Kier molecular flexibility index (Phi) is 2.68. The van der Waals surface area contributed by atoms with Gasteiger partial charge in [0.1, 0.15) is 0 Å². The van der Waals surface area contributed by atoms with Crippen molar-refractivity contribution in [2.45, 2.75) is 35.7 Å². The van der Waals surface area contributed by atoms with Crippen LogP contribution in [0.1, 0.15) is 35.3 Å². The highest BCUT2D eigenvalue weighted by Gasteiger charge is 2.45. The van der Waals surface area contributed by atoms with E-state index in [1.165, 1.54) is 21.6 Å². The summed E-state index contributed by atoms with van der Waals surface area (Å²) in [5, 5.41) is 0.558. The van der Waals surface area contributed by atoms with Gasteiger partial charge >= 0.3 is 0 Å². The molecule has 0 aromatic heterocycles. The summed E-state index contributed by atoms with van der Waals surface area (Å²) < 4.78 is 6.13. The van der Waals surface area contributed by atoms with E-state index in [1.54, 1.807) is 0 Å². The van der Waals surface area contributed by atoms with E-state index < -0.39 is 0 Å². The summed E-state index contributed by atoms with van der Waals surface area (Å²) in [5.74, 6) is 0. The van der Waals surface area contributed by atoms with Crippen molar-refractivity contribution in [2.24, 2.45) is 0 Å². The first-order valence-corrected chi connectivity index (χ1v) is 7.67. The van der Waals surface area contributed by atoms with Gasteiger partial charge < -0.3 is 4.74 Å². The molecule has 4 rings (SSSR count). The fourth-order valence-corrected chi connectivity index (χ4v) is 4.34. The van der Waals surface area contributed by atoms with E-state index in [0.717, 1.165) is 6.42 Å². The van der Waals surface area contributed by atoms with Crippen LogP contribution in [0.5, 0.6) is 0 Å². The van der Waals surface area contributed by atoms with Crippen LogP contribution in [0.2, 0.25) is 0 Å². The highest BCUT2D eigenvalue weighted by atomic mass is 32.2. The number of hydrogen-bond acceptors (Lipinski definition) is 2. The second-order valence-electron chi connectivity index (χ2n) is 5.38. The van der Waals surface area contributed by atoms with Crippen LogP contribution in [0.3, 0.4) is 0 Å². The number of hydrogen-bond donors (Lipinski definition) is 0. The summed E-state index contributed by atoms with van der Waals surface area (Å²) in [7, 11) is 0. The summed E-state index contributed by atoms with van der Waals surface area (Å²) in [6.07, 6.45) is 1.75. The Hall–Kier alpha value is -1.25. The molecule has 1 fully saturated rings. The van der Waals surface area contributed by atoms with E-state index >= 15 is 0 Å². The van der Waals surface area contributed by atoms with Crippen LogP contribution in [0.15, 0.2) is 53.4 Å². The van der Waals surface area contributed by atoms with Crippen LogP contribution in [0.4, 0.5) is 0 Å². The monoisotopic (exact) mass is 268 g/mol. The maximum absolute atomic E-state index is 6.13. The summed E-state index contributed by atoms with van der Waals surface area (Å²) in [6.45, 7) is 2.13. The lowest BCUT2D eigenvalue weighted by Gasteiger charge is -2.20. The topological polar surface area (TPSA) is 9.23 Å². The number of aryl methyl sites for hydroxylation is 1. The normalized spacial score (nSPS) is 27.5. The second kappa shape index (κ2) is 4.39. The largest absolute Gasteiger partial charge is 0.364 e. The molecular formula is C17H16OS. The molecule has 0 spiro atoms. The highest BCUT2D eigenvalue weighted by Crippen LogP contribution is 2.55. The Morgan fingerprint density at radius 3 is 2.53 bits per heavy atom. The lowest BCUT2D eigenvalue weighted by Crippen LogP contribution is -2.12. The van der Waals surface area contributed by atoms with Crippen molar-refractivity contribution in [3.63, 3.8) is 0 Å². The Morgan fingerprint density at radius 2 is 1.74 bits per heavy atom. The molecule has 0 aliphatic carbocycles. The van der Waals surface area contributed by atoms with Gasteiger partial charge in [-0.1, -0.05) is 42.0 Å². The molecule has 3 atom stereocenters. The molecule has 2 aliphatic heterocycles. The molecule has 1 nitrogen and oxygen atoms in total. The minimum absolute atomic E-state index is 0.285. The maximum atomic E-state index is 6.13. The van der Waals surface area contributed by atoms with E-state index in [0.29, 0.717) is 11.4 Å². The Morgan fingerprint density at radius 1 is 1.00 bits per heavy atom. The molecule has 2 aliphatic rings. The minimum atomic E-state index is 0.285. The summed E-state index contributed by atoms with van der Waals surface area (Å²) >= 11 is 1.96. The Bertz CT molecular complexity index is 605. The predicted molar refractivity (Wildman–Crippen MR) is 78.5 cm³/mol. The van der Waals surface area contributed by atoms with Crippen molar-refractivity contribution >= 4 is 11.8 Å². The van der Waals surface area contributed by atoms with Crippen LogP contribution in [-0.4, -0.2) is 5.25 Å². The molecule has 2 heteroatoms. The van der Waals surface area contributed by atoms with Gasteiger partial charge in [-0.25, -0.2) is 0 Å². The molecule has 0 amide bonds.